The molecule has 1 N–H and O–H groups in total. The van der Waals surface area contributed by atoms with Crippen molar-refractivity contribution in [3.63, 3.8) is 0 Å². The molecule has 2 aromatic carbocycles. The van der Waals surface area contributed by atoms with Gasteiger partial charge in [0.15, 0.2) is 11.4 Å². The first-order valence-corrected chi connectivity index (χ1v) is 6.88. The van der Waals surface area contributed by atoms with Gasteiger partial charge < -0.3 is 14.5 Å². The first kappa shape index (κ1) is 15.1. The molecule has 0 aliphatic rings. The Balaban J connectivity index is 0.00000156. The molecule has 4 rings (SSSR count). The van der Waals surface area contributed by atoms with Crippen LogP contribution in [0.3, 0.4) is 0 Å². The number of rotatable bonds is 3. The molecule has 4 aromatic rings. The highest BCUT2D eigenvalue weighted by molar-refractivity contribution is 6.05. The molecule has 0 bridgehead atoms. The zero-order valence-electron chi connectivity index (χ0n) is 12.3. The van der Waals surface area contributed by atoms with Gasteiger partial charge in [0.25, 0.3) is 0 Å². The van der Waals surface area contributed by atoms with Crippen LogP contribution in [0.5, 0.6) is 5.75 Å². The van der Waals surface area contributed by atoms with Gasteiger partial charge >= 0.3 is 0 Å². The van der Waals surface area contributed by atoms with Crippen molar-refractivity contribution >= 4 is 46.0 Å². The Morgan fingerprint density at radius 1 is 1.04 bits per heavy atom. The molecule has 0 atom stereocenters. The second-order valence-electron chi connectivity index (χ2n) is 4.86. The van der Waals surface area contributed by atoms with E-state index in [0.717, 1.165) is 27.9 Å². The summed E-state index contributed by atoms with van der Waals surface area (Å²) >= 11 is 0. The number of fused-ring (bicyclic) bond motifs is 3. The second-order valence-corrected chi connectivity index (χ2v) is 4.86. The van der Waals surface area contributed by atoms with Gasteiger partial charge in [-0.25, -0.2) is 9.97 Å². The van der Waals surface area contributed by atoms with E-state index in [2.05, 4.69) is 15.3 Å². The minimum Gasteiger partial charge on any atom is -0.497 e. The number of nitrogens with one attached hydrogen (secondary N) is 1. The molecule has 0 radical (unpaired) electrons. The van der Waals surface area contributed by atoms with Crippen molar-refractivity contribution in [1.82, 2.24) is 9.97 Å². The van der Waals surface area contributed by atoms with Crippen molar-refractivity contribution in [1.29, 1.82) is 0 Å². The van der Waals surface area contributed by atoms with E-state index in [9.17, 15) is 0 Å². The average molecular weight is 328 g/mol. The minimum absolute atomic E-state index is 0. The van der Waals surface area contributed by atoms with Crippen LogP contribution >= 0.6 is 12.4 Å². The summed E-state index contributed by atoms with van der Waals surface area (Å²) in [6.45, 7) is 0. The molecule has 0 saturated carbocycles. The monoisotopic (exact) mass is 327 g/mol. The van der Waals surface area contributed by atoms with Gasteiger partial charge in [-0.3, -0.25) is 0 Å². The highest BCUT2D eigenvalue weighted by atomic mass is 35.5. The SMILES string of the molecule is COc1cccc(Nc2ncnc3c2oc2ccccc23)c1.Cl. The Morgan fingerprint density at radius 3 is 2.78 bits per heavy atom. The van der Waals surface area contributed by atoms with Gasteiger partial charge in [-0.05, 0) is 24.3 Å². The molecule has 2 heterocycles. The fraction of sp³-hybridized carbons (Fsp3) is 0.0588. The summed E-state index contributed by atoms with van der Waals surface area (Å²) < 4.78 is 11.1. The third-order valence-corrected chi connectivity index (χ3v) is 3.49. The summed E-state index contributed by atoms with van der Waals surface area (Å²) in [6, 6.07) is 15.5. The zero-order valence-corrected chi connectivity index (χ0v) is 13.1. The number of benzene rings is 2. The lowest BCUT2D eigenvalue weighted by molar-refractivity contribution is 0.415. The number of ether oxygens (including phenoxy) is 1. The number of methoxy groups -OCH3 is 1. The zero-order chi connectivity index (χ0) is 14.9. The molecule has 5 nitrogen and oxygen atoms in total. The van der Waals surface area contributed by atoms with Crippen LogP contribution in [0.4, 0.5) is 11.5 Å². The molecule has 23 heavy (non-hydrogen) atoms. The second kappa shape index (κ2) is 6.14. The molecule has 0 unspecified atom stereocenters. The Kier molecular flexibility index (Phi) is 4.04. The maximum absolute atomic E-state index is 5.89. The maximum atomic E-state index is 5.89. The third-order valence-electron chi connectivity index (χ3n) is 3.49. The van der Waals surface area contributed by atoms with Gasteiger partial charge in [0.1, 0.15) is 23.2 Å². The normalized spacial score (nSPS) is 10.5. The molecule has 116 valence electrons. The van der Waals surface area contributed by atoms with Crippen LogP contribution in [-0.2, 0) is 0 Å². The number of aromatic nitrogens is 2. The number of nitrogens with zero attached hydrogens (tertiary/aromatic N) is 2. The standard InChI is InChI=1S/C17H13N3O2.ClH/c1-21-12-6-4-5-11(9-12)20-17-16-15(18-10-19-17)13-7-2-3-8-14(13)22-16;/h2-10H,1H3,(H,18,19,20);1H. The van der Waals surface area contributed by atoms with Crippen LogP contribution in [0, 0.1) is 0 Å². The maximum Gasteiger partial charge on any atom is 0.196 e. The number of para-hydroxylation sites is 1. The van der Waals surface area contributed by atoms with Gasteiger partial charge in [0.2, 0.25) is 0 Å². The van der Waals surface area contributed by atoms with Gasteiger partial charge in [0.05, 0.1) is 7.11 Å². The molecule has 6 heteroatoms. The summed E-state index contributed by atoms with van der Waals surface area (Å²) in [7, 11) is 1.64. The van der Waals surface area contributed by atoms with E-state index in [1.807, 2.05) is 48.5 Å². The van der Waals surface area contributed by atoms with E-state index in [-0.39, 0.29) is 12.4 Å². The molecule has 0 aliphatic carbocycles. The van der Waals surface area contributed by atoms with E-state index in [1.54, 1.807) is 7.11 Å². The summed E-state index contributed by atoms with van der Waals surface area (Å²) in [6.07, 6.45) is 1.53. The molecule has 0 fully saturated rings. The van der Waals surface area contributed by atoms with Crippen LogP contribution in [0.25, 0.3) is 22.1 Å². The van der Waals surface area contributed by atoms with Gasteiger partial charge in [-0.1, -0.05) is 18.2 Å². The Labute approximate surface area is 138 Å². The topological polar surface area (TPSA) is 60.2 Å². The largest absolute Gasteiger partial charge is 0.497 e. The fourth-order valence-corrected chi connectivity index (χ4v) is 2.45. The average Bonchev–Trinajstić information content (AvgIpc) is 2.95. The van der Waals surface area contributed by atoms with Crippen molar-refractivity contribution < 1.29 is 9.15 Å². The van der Waals surface area contributed by atoms with Crippen molar-refractivity contribution in [3.8, 4) is 5.75 Å². The highest BCUT2D eigenvalue weighted by Gasteiger charge is 2.12. The fourth-order valence-electron chi connectivity index (χ4n) is 2.45. The van der Waals surface area contributed by atoms with Crippen LogP contribution in [0.1, 0.15) is 0 Å². The third kappa shape index (κ3) is 2.66. The number of hydrogen-bond donors (Lipinski definition) is 1. The summed E-state index contributed by atoms with van der Waals surface area (Å²) in [4.78, 5) is 8.63. The lowest BCUT2D eigenvalue weighted by Crippen LogP contribution is -1.95. The number of furan rings is 1. The molecule has 0 amide bonds. The molecule has 0 saturated heterocycles. The van der Waals surface area contributed by atoms with Crippen molar-refractivity contribution in [2.24, 2.45) is 0 Å². The molecule has 0 spiro atoms. The Hall–Kier alpha value is -2.79. The van der Waals surface area contributed by atoms with Crippen LogP contribution < -0.4 is 10.1 Å². The highest BCUT2D eigenvalue weighted by Crippen LogP contribution is 2.32. The molecule has 2 aromatic heterocycles. The van der Waals surface area contributed by atoms with Crippen molar-refractivity contribution in [2.45, 2.75) is 0 Å². The van der Waals surface area contributed by atoms with Gasteiger partial charge in [-0.2, -0.15) is 0 Å². The Bertz CT molecular complexity index is 968. The quantitative estimate of drug-likeness (QED) is 0.598. The smallest absolute Gasteiger partial charge is 0.196 e. The van der Waals surface area contributed by atoms with E-state index in [4.69, 9.17) is 9.15 Å². The molecular weight excluding hydrogens is 314 g/mol. The van der Waals surface area contributed by atoms with E-state index in [0.29, 0.717) is 11.4 Å². The summed E-state index contributed by atoms with van der Waals surface area (Å²) in [5.41, 5.74) is 3.12. The predicted octanol–water partition coefficient (Wildman–Crippen LogP) is 4.55. The number of halogens is 1. The van der Waals surface area contributed by atoms with E-state index >= 15 is 0 Å². The summed E-state index contributed by atoms with van der Waals surface area (Å²) in [5, 5.41) is 4.24. The van der Waals surface area contributed by atoms with Gasteiger partial charge in [-0.15, -0.1) is 12.4 Å². The minimum atomic E-state index is 0. The lowest BCUT2D eigenvalue weighted by Gasteiger charge is -2.07. The molecular formula is C17H14ClN3O2. The van der Waals surface area contributed by atoms with Crippen molar-refractivity contribution in [2.75, 3.05) is 12.4 Å². The number of hydrogen-bond acceptors (Lipinski definition) is 5. The van der Waals surface area contributed by atoms with Crippen LogP contribution in [-0.4, -0.2) is 17.1 Å². The first-order valence-electron chi connectivity index (χ1n) is 6.88. The number of anilines is 2. The van der Waals surface area contributed by atoms with Crippen molar-refractivity contribution in [3.05, 3.63) is 54.9 Å². The predicted molar refractivity (Wildman–Crippen MR) is 92.8 cm³/mol. The van der Waals surface area contributed by atoms with Gasteiger partial charge in [0, 0.05) is 17.1 Å². The van der Waals surface area contributed by atoms with E-state index in [1.165, 1.54) is 6.33 Å². The Morgan fingerprint density at radius 2 is 1.91 bits per heavy atom. The lowest BCUT2D eigenvalue weighted by atomic mass is 10.2. The molecule has 0 aliphatic heterocycles. The van der Waals surface area contributed by atoms with E-state index < -0.39 is 0 Å². The first-order chi connectivity index (χ1) is 10.8. The summed E-state index contributed by atoms with van der Waals surface area (Å²) in [5.74, 6) is 1.41. The van der Waals surface area contributed by atoms with Crippen LogP contribution in [0.15, 0.2) is 59.3 Å². The van der Waals surface area contributed by atoms with Crippen LogP contribution in [0.2, 0.25) is 0 Å².